The minimum atomic E-state index is 0. The molecule has 23 heavy (non-hydrogen) atoms. The predicted molar refractivity (Wildman–Crippen MR) is 106 cm³/mol. The van der Waals surface area contributed by atoms with E-state index < -0.39 is 0 Å². The summed E-state index contributed by atoms with van der Waals surface area (Å²) in [5, 5.41) is 3.56. The lowest BCUT2D eigenvalue weighted by atomic mass is 10.1. The van der Waals surface area contributed by atoms with Gasteiger partial charge in [-0.25, -0.2) is 0 Å². The number of hydrogen-bond acceptors (Lipinski definition) is 2. The Morgan fingerprint density at radius 3 is 2.52 bits per heavy atom. The Morgan fingerprint density at radius 1 is 1.26 bits per heavy atom. The van der Waals surface area contributed by atoms with E-state index in [2.05, 4.69) is 46.5 Å². The minimum Gasteiger partial charge on any atom is -0.381 e. The van der Waals surface area contributed by atoms with Crippen LogP contribution in [0.4, 0.5) is 0 Å². The molecule has 1 saturated heterocycles. The largest absolute Gasteiger partial charge is 0.381 e. The minimum absolute atomic E-state index is 0. The molecule has 0 amide bonds. The van der Waals surface area contributed by atoms with E-state index in [1.54, 1.807) is 0 Å². The highest BCUT2D eigenvalue weighted by atomic mass is 127. The summed E-state index contributed by atoms with van der Waals surface area (Å²) in [6, 6.07) is 8.81. The van der Waals surface area contributed by atoms with E-state index in [0.29, 0.717) is 11.8 Å². The van der Waals surface area contributed by atoms with Crippen LogP contribution in [0.5, 0.6) is 0 Å². The maximum Gasteiger partial charge on any atom is 0.193 e. The third kappa shape index (κ3) is 4.83. The van der Waals surface area contributed by atoms with Gasteiger partial charge in [0, 0.05) is 39.7 Å². The van der Waals surface area contributed by atoms with E-state index in [1.165, 1.54) is 30.4 Å². The summed E-state index contributed by atoms with van der Waals surface area (Å²) >= 11 is 0. The lowest BCUT2D eigenvalue weighted by molar-refractivity contribution is 0.181. The number of halogens is 1. The van der Waals surface area contributed by atoms with Crippen LogP contribution in [-0.4, -0.2) is 51.3 Å². The number of hydrogen-bond donors (Lipinski definition) is 1. The Balaban J connectivity index is 0.00000192. The monoisotopic (exact) mass is 429 g/mol. The first-order chi connectivity index (χ1) is 10.8. The smallest absolute Gasteiger partial charge is 0.193 e. The van der Waals surface area contributed by atoms with Crippen LogP contribution >= 0.6 is 24.0 Å². The van der Waals surface area contributed by atoms with Crippen molar-refractivity contribution in [3.05, 3.63) is 35.4 Å². The second-order valence-corrected chi connectivity index (χ2v) is 6.58. The van der Waals surface area contributed by atoms with Gasteiger partial charge >= 0.3 is 0 Å². The fourth-order valence-corrected chi connectivity index (χ4v) is 3.62. The van der Waals surface area contributed by atoms with Crippen LogP contribution in [0.3, 0.4) is 0 Å². The number of benzene rings is 1. The quantitative estimate of drug-likeness (QED) is 0.454. The molecule has 1 unspecified atom stereocenters. The zero-order chi connectivity index (χ0) is 15.4. The van der Waals surface area contributed by atoms with Crippen molar-refractivity contribution in [2.75, 3.05) is 40.4 Å². The Hall–Kier alpha value is -0.820. The molecule has 5 heteroatoms. The first kappa shape index (κ1) is 18.5. The summed E-state index contributed by atoms with van der Waals surface area (Å²) < 4.78 is 5.46. The molecule has 1 N–H and O–H groups in total. The first-order valence-electron chi connectivity index (χ1n) is 8.32. The number of aliphatic imine (C=N–C) groups is 1. The van der Waals surface area contributed by atoms with Crippen LogP contribution in [0.15, 0.2) is 29.3 Å². The second-order valence-electron chi connectivity index (χ2n) is 6.58. The normalized spacial score (nSPS) is 21.0. The summed E-state index contributed by atoms with van der Waals surface area (Å²) in [4.78, 5) is 6.67. The van der Waals surface area contributed by atoms with E-state index >= 15 is 0 Å². The Bertz CT molecular complexity index is 504. The van der Waals surface area contributed by atoms with Gasteiger partial charge in [-0.2, -0.15) is 0 Å². The van der Waals surface area contributed by atoms with Gasteiger partial charge in [0.05, 0.1) is 6.61 Å². The average molecular weight is 429 g/mol. The molecule has 1 fully saturated rings. The van der Waals surface area contributed by atoms with Crippen LogP contribution in [0.1, 0.15) is 17.5 Å². The number of fused-ring (bicyclic) bond motifs is 1. The van der Waals surface area contributed by atoms with Crippen molar-refractivity contribution in [2.45, 2.75) is 19.3 Å². The van der Waals surface area contributed by atoms with E-state index in [4.69, 9.17) is 4.74 Å². The van der Waals surface area contributed by atoms with Gasteiger partial charge in [-0.1, -0.05) is 24.3 Å². The molecule has 0 radical (unpaired) electrons. The predicted octanol–water partition coefficient (Wildman–Crippen LogP) is 2.56. The number of rotatable bonds is 4. The van der Waals surface area contributed by atoms with Gasteiger partial charge in [-0.05, 0) is 36.3 Å². The van der Waals surface area contributed by atoms with E-state index in [9.17, 15) is 0 Å². The maximum atomic E-state index is 5.46. The molecule has 0 bridgehead atoms. The lowest BCUT2D eigenvalue weighted by Crippen LogP contribution is -2.43. The third-order valence-corrected chi connectivity index (χ3v) is 4.81. The average Bonchev–Trinajstić information content (AvgIpc) is 3.16. The van der Waals surface area contributed by atoms with E-state index in [0.717, 1.165) is 32.3 Å². The van der Waals surface area contributed by atoms with Crippen molar-refractivity contribution in [3.8, 4) is 0 Å². The molecule has 128 valence electrons. The van der Waals surface area contributed by atoms with Gasteiger partial charge in [0.1, 0.15) is 0 Å². The van der Waals surface area contributed by atoms with E-state index in [-0.39, 0.29) is 24.0 Å². The van der Waals surface area contributed by atoms with Crippen molar-refractivity contribution in [1.82, 2.24) is 10.2 Å². The summed E-state index contributed by atoms with van der Waals surface area (Å²) in [6.07, 6.45) is 3.53. The summed E-state index contributed by atoms with van der Waals surface area (Å²) in [5.41, 5.74) is 3.03. The lowest BCUT2D eigenvalue weighted by Gasteiger charge is -2.25. The Labute approximate surface area is 156 Å². The van der Waals surface area contributed by atoms with Crippen molar-refractivity contribution in [2.24, 2.45) is 16.8 Å². The van der Waals surface area contributed by atoms with Crippen molar-refractivity contribution in [1.29, 1.82) is 0 Å². The molecule has 1 heterocycles. The fourth-order valence-electron chi connectivity index (χ4n) is 3.62. The summed E-state index contributed by atoms with van der Waals surface area (Å²) in [7, 11) is 3.99. The highest BCUT2D eigenvalue weighted by Crippen LogP contribution is 2.25. The molecule has 2 aliphatic rings. The Morgan fingerprint density at radius 2 is 1.96 bits per heavy atom. The molecule has 1 aliphatic carbocycles. The topological polar surface area (TPSA) is 36.9 Å². The standard InChI is InChI=1S/C18H27N3O.HI/c1-19-18(21(2)12-14-7-8-22-13-14)20-11-15-9-16-5-3-4-6-17(16)10-15;/h3-6,14-15H,7-13H2,1-2H3,(H,19,20);1H. The second kappa shape index (κ2) is 8.87. The summed E-state index contributed by atoms with van der Waals surface area (Å²) in [6.45, 7) is 3.81. The van der Waals surface area contributed by atoms with Gasteiger partial charge in [0.2, 0.25) is 0 Å². The number of nitrogens with one attached hydrogen (secondary N) is 1. The van der Waals surface area contributed by atoms with Gasteiger partial charge in [0.15, 0.2) is 5.96 Å². The van der Waals surface area contributed by atoms with Crippen LogP contribution in [0.2, 0.25) is 0 Å². The summed E-state index contributed by atoms with van der Waals surface area (Å²) in [5.74, 6) is 2.32. The SMILES string of the molecule is CN=C(NCC1Cc2ccccc2C1)N(C)CC1CCOC1.I. The number of guanidine groups is 1. The molecule has 1 aliphatic heterocycles. The molecule has 1 aromatic rings. The van der Waals surface area contributed by atoms with Crippen LogP contribution in [0.25, 0.3) is 0 Å². The fraction of sp³-hybridized carbons (Fsp3) is 0.611. The van der Waals surface area contributed by atoms with Gasteiger partial charge in [-0.3, -0.25) is 4.99 Å². The number of nitrogens with zero attached hydrogens (tertiary/aromatic N) is 2. The molecular formula is C18H28IN3O. The molecule has 1 atom stereocenters. The van der Waals surface area contributed by atoms with Crippen molar-refractivity contribution in [3.63, 3.8) is 0 Å². The molecular weight excluding hydrogens is 401 g/mol. The first-order valence-corrected chi connectivity index (χ1v) is 8.32. The highest BCUT2D eigenvalue weighted by molar-refractivity contribution is 14.0. The molecule has 0 aromatic heterocycles. The van der Waals surface area contributed by atoms with E-state index in [1.807, 2.05) is 7.05 Å². The molecule has 3 rings (SSSR count). The molecule has 0 saturated carbocycles. The van der Waals surface area contributed by atoms with Gasteiger partial charge < -0.3 is 15.0 Å². The Kier molecular flexibility index (Phi) is 7.14. The highest BCUT2D eigenvalue weighted by Gasteiger charge is 2.22. The van der Waals surface area contributed by atoms with Crippen molar-refractivity contribution < 1.29 is 4.74 Å². The zero-order valence-electron chi connectivity index (χ0n) is 14.1. The maximum absolute atomic E-state index is 5.46. The van der Waals surface area contributed by atoms with Crippen LogP contribution in [0, 0.1) is 11.8 Å². The molecule has 1 aromatic carbocycles. The molecule has 0 spiro atoms. The molecule has 4 nitrogen and oxygen atoms in total. The van der Waals surface area contributed by atoms with Crippen LogP contribution in [-0.2, 0) is 17.6 Å². The van der Waals surface area contributed by atoms with Crippen molar-refractivity contribution >= 4 is 29.9 Å². The number of ether oxygens (including phenoxy) is 1. The van der Waals surface area contributed by atoms with Gasteiger partial charge in [-0.15, -0.1) is 24.0 Å². The van der Waals surface area contributed by atoms with Crippen LogP contribution < -0.4 is 5.32 Å². The third-order valence-electron chi connectivity index (χ3n) is 4.81. The van der Waals surface area contributed by atoms with Gasteiger partial charge in [0.25, 0.3) is 0 Å². The zero-order valence-corrected chi connectivity index (χ0v) is 16.5.